The molecule has 0 saturated carbocycles. The van der Waals surface area contributed by atoms with Crippen LogP contribution in [0.3, 0.4) is 0 Å². The normalized spacial score (nSPS) is 13.8. The summed E-state index contributed by atoms with van der Waals surface area (Å²) in [6.45, 7) is 0.113. The molecule has 1 unspecified atom stereocenters. The fourth-order valence-electron chi connectivity index (χ4n) is 1.46. The maximum atomic E-state index is 13.5. The molecule has 19 heavy (non-hydrogen) atoms. The Kier molecular flexibility index (Phi) is 5.66. The minimum atomic E-state index is -4.05. The molecular weight excluding hydrogens is 300 g/mol. The predicted octanol–water partition coefficient (Wildman–Crippen LogP) is 1.84. The van der Waals surface area contributed by atoms with Crippen LogP contribution >= 0.6 is 11.6 Å². The fraction of sp³-hybridized carbons (Fsp3) is 0.455. The molecule has 4 nitrogen and oxygen atoms in total. The van der Waals surface area contributed by atoms with Crippen LogP contribution in [-0.2, 0) is 14.8 Å². The molecule has 0 N–H and O–H groups in total. The number of alkyl halides is 1. The van der Waals surface area contributed by atoms with E-state index in [1.54, 1.807) is 0 Å². The van der Waals surface area contributed by atoms with Crippen molar-refractivity contribution in [2.45, 2.75) is 10.3 Å². The molecule has 8 heteroatoms. The molecule has 0 fully saturated rings. The molecule has 0 bridgehead atoms. The van der Waals surface area contributed by atoms with E-state index < -0.39 is 31.9 Å². The predicted molar refractivity (Wildman–Crippen MR) is 67.7 cm³/mol. The lowest BCUT2D eigenvalue weighted by molar-refractivity contribution is 0.192. The van der Waals surface area contributed by atoms with Gasteiger partial charge in [-0.1, -0.05) is 0 Å². The summed E-state index contributed by atoms with van der Waals surface area (Å²) in [6, 6.07) is 2.29. The van der Waals surface area contributed by atoms with Crippen LogP contribution in [0.25, 0.3) is 0 Å². The maximum Gasteiger partial charge on any atom is 0.245 e. The van der Waals surface area contributed by atoms with Gasteiger partial charge in [0.1, 0.15) is 16.5 Å². The summed E-state index contributed by atoms with van der Waals surface area (Å²) in [6.07, 6.45) is 0. The van der Waals surface area contributed by atoms with Crippen LogP contribution in [0.15, 0.2) is 23.1 Å². The summed E-state index contributed by atoms with van der Waals surface area (Å²) < 4.78 is 56.1. The zero-order valence-electron chi connectivity index (χ0n) is 10.4. The second-order valence-electron chi connectivity index (χ2n) is 3.91. The van der Waals surface area contributed by atoms with Gasteiger partial charge in [-0.15, -0.1) is 11.6 Å². The Hall–Kier alpha value is -0.760. The number of halogens is 3. The van der Waals surface area contributed by atoms with Gasteiger partial charge in [-0.25, -0.2) is 17.2 Å². The van der Waals surface area contributed by atoms with E-state index in [4.69, 9.17) is 16.3 Å². The molecular formula is C11H14ClF2NO3S. The highest BCUT2D eigenvalue weighted by Gasteiger charge is 2.26. The molecule has 0 aromatic heterocycles. The van der Waals surface area contributed by atoms with Crippen molar-refractivity contribution < 1.29 is 21.9 Å². The Balaban J connectivity index is 2.97. The van der Waals surface area contributed by atoms with Crippen molar-refractivity contribution in [3.63, 3.8) is 0 Å². The first kappa shape index (κ1) is 16.3. The molecule has 1 aromatic carbocycles. The molecule has 0 heterocycles. The highest BCUT2D eigenvalue weighted by Crippen LogP contribution is 2.19. The van der Waals surface area contributed by atoms with E-state index in [-0.39, 0.29) is 13.2 Å². The largest absolute Gasteiger partial charge is 0.383 e. The Labute approximate surface area is 116 Å². The Morgan fingerprint density at radius 2 is 2.05 bits per heavy atom. The van der Waals surface area contributed by atoms with Crippen molar-refractivity contribution in [3.8, 4) is 0 Å². The average Bonchev–Trinajstić information content (AvgIpc) is 2.28. The first-order valence-electron chi connectivity index (χ1n) is 5.33. The van der Waals surface area contributed by atoms with Gasteiger partial charge < -0.3 is 4.74 Å². The number of sulfonamides is 1. The van der Waals surface area contributed by atoms with Crippen LogP contribution in [0.4, 0.5) is 8.78 Å². The van der Waals surface area contributed by atoms with E-state index in [2.05, 4.69) is 0 Å². The average molecular weight is 314 g/mol. The zero-order chi connectivity index (χ0) is 14.6. The van der Waals surface area contributed by atoms with Gasteiger partial charge in [0.25, 0.3) is 0 Å². The fourth-order valence-corrected chi connectivity index (χ4v) is 3.14. The summed E-state index contributed by atoms with van der Waals surface area (Å²) in [7, 11) is -1.35. The third-order valence-electron chi connectivity index (χ3n) is 2.38. The van der Waals surface area contributed by atoms with Crippen molar-refractivity contribution in [3.05, 3.63) is 29.8 Å². The molecule has 1 aromatic rings. The van der Waals surface area contributed by atoms with Crippen molar-refractivity contribution in [2.24, 2.45) is 0 Å². The lowest BCUT2D eigenvalue weighted by Gasteiger charge is -2.20. The molecule has 0 aliphatic carbocycles. The molecule has 0 spiro atoms. The van der Waals surface area contributed by atoms with Gasteiger partial charge in [0, 0.05) is 26.8 Å². The van der Waals surface area contributed by atoms with Crippen LogP contribution in [0.2, 0.25) is 0 Å². The Morgan fingerprint density at radius 3 is 2.58 bits per heavy atom. The number of benzene rings is 1. The third kappa shape index (κ3) is 4.10. The van der Waals surface area contributed by atoms with Crippen LogP contribution in [0.5, 0.6) is 0 Å². The van der Waals surface area contributed by atoms with Crippen LogP contribution < -0.4 is 0 Å². The second kappa shape index (κ2) is 6.60. The van der Waals surface area contributed by atoms with Crippen molar-refractivity contribution in [1.29, 1.82) is 0 Å². The van der Waals surface area contributed by atoms with Crippen LogP contribution in [-0.4, -0.2) is 45.4 Å². The van der Waals surface area contributed by atoms with E-state index in [1.807, 2.05) is 0 Å². The van der Waals surface area contributed by atoms with E-state index in [0.29, 0.717) is 6.07 Å². The summed E-state index contributed by atoms with van der Waals surface area (Å²) in [4.78, 5) is -0.585. The Bertz CT molecular complexity index is 539. The van der Waals surface area contributed by atoms with Crippen LogP contribution in [0, 0.1) is 11.6 Å². The van der Waals surface area contributed by atoms with Crippen LogP contribution in [0.1, 0.15) is 0 Å². The highest BCUT2D eigenvalue weighted by molar-refractivity contribution is 7.89. The van der Waals surface area contributed by atoms with Gasteiger partial charge in [0.05, 0.1) is 12.0 Å². The zero-order valence-corrected chi connectivity index (χ0v) is 12.0. The van der Waals surface area contributed by atoms with Crippen molar-refractivity contribution in [2.75, 3.05) is 27.3 Å². The lowest BCUT2D eigenvalue weighted by Crippen LogP contribution is -2.34. The standard InChI is InChI=1S/C11H14ClF2NO3S/c1-15(6-8(12)7-18-2)19(16,17)11-4-3-9(13)5-10(11)14/h3-5,8H,6-7H2,1-2H3. The first-order valence-corrected chi connectivity index (χ1v) is 7.21. The molecule has 0 aliphatic rings. The molecule has 1 rings (SSSR count). The lowest BCUT2D eigenvalue weighted by atomic mass is 10.3. The Morgan fingerprint density at radius 1 is 1.42 bits per heavy atom. The molecule has 1 atom stereocenters. The monoisotopic (exact) mass is 313 g/mol. The van der Waals surface area contributed by atoms with E-state index in [9.17, 15) is 17.2 Å². The van der Waals surface area contributed by atoms with E-state index in [0.717, 1.165) is 16.4 Å². The number of nitrogens with zero attached hydrogens (tertiary/aromatic N) is 1. The summed E-state index contributed by atoms with van der Waals surface area (Å²) in [5.41, 5.74) is 0. The smallest absolute Gasteiger partial charge is 0.245 e. The molecule has 0 aliphatic heterocycles. The number of ether oxygens (including phenoxy) is 1. The molecule has 0 radical (unpaired) electrons. The topological polar surface area (TPSA) is 46.6 Å². The van der Waals surface area contributed by atoms with E-state index >= 15 is 0 Å². The minimum absolute atomic E-state index is 0.0471. The van der Waals surface area contributed by atoms with Crippen molar-refractivity contribution >= 4 is 21.6 Å². The third-order valence-corrected chi connectivity index (χ3v) is 4.51. The number of methoxy groups -OCH3 is 1. The molecule has 0 amide bonds. The first-order chi connectivity index (χ1) is 8.78. The van der Waals surface area contributed by atoms with Gasteiger partial charge >= 0.3 is 0 Å². The summed E-state index contributed by atoms with van der Waals surface area (Å²) in [5.74, 6) is -1.97. The van der Waals surface area contributed by atoms with Crippen molar-refractivity contribution in [1.82, 2.24) is 4.31 Å². The van der Waals surface area contributed by atoms with Gasteiger partial charge in [0.2, 0.25) is 10.0 Å². The van der Waals surface area contributed by atoms with Gasteiger partial charge in [-0.05, 0) is 12.1 Å². The second-order valence-corrected chi connectivity index (χ2v) is 6.54. The number of hydrogen-bond donors (Lipinski definition) is 0. The number of rotatable bonds is 6. The minimum Gasteiger partial charge on any atom is -0.383 e. The summed E-state index contributed by atoms with van der Waals surface area (Å²) >= 11 is 5.85. The number of hydrogen-bond acceptors (Lipinski definition) is 3. The highest BCUT2D eigenvalue weighted by atomic mass is 35.5. The van der Waals surface area contributed by atoms with Gasteiger partial charge in [-0.2, -0.15) is 4.31 Å². The van der Waals surface area contributed by atoms with Gasteiger partial charge in [-0.3, -0.25) is 0 Å². The van der Waals surface area contributed by atoms with E-state index in [1.165, 1.54) is 14.2 Å². The SMILES string of the molecule is COCC(Cl)CN(C)S(=O)(=O)c1ccc(F)cc1F. The quantitative estimate of drug-likeness (QED) is 0.753. The molecule has 0 saturated heterocycles. The van der Waals surface area contributed by atoms with Gasteiger partial charge in [0.15, 0.2) is 0 Å². The molecule has 108 valence electrons. The maximum absolute atomic E-state index is 13.5. The summed E-state index contributed by atoms with van der Waals surface area (Å²) in [5, 5.41) is -0.562.